The number of alkyl carbamates (subject to hydrolysis) is 1. The average molecular weight is 459 g/mol. The van der Waals surface area contributed by atoms with Crippen LogP contribution in [0, 0.1) is 0 Å². The van der Waals surface area contributed by atoms with Crippen molar-refractivity contribution in [3.8, 4) is 5.75 Å². The van der Waals surface area contributed by atoms with Crippen molar-refractivity contribution >= 4 is 22.9 Å². The Kier molecular flexibility index (Phi) is 7.37. The van der Waals surface area contributed by atoms with Gasteiger partial charge in [-0.25, -0.2) is 4.79 Å². The minimum Gasteiger partial charge on any atom is -0.494 e. The van der Waals surface area contributed by atoms with E-state index in [0.717, 1.165) is 54.5 Å². The molecule has 2 atom stereocenters. The number of hydrogen-bond acceptors (Lipinski definition) is 6. The number of carbonyl (C=O) groups is 2. The number of nitrogens with one attached hydrogen (secondary N) is 1. The van der Waals surface area contributed by atoms with Gasteiger partial charge in [0.15, 0.2) is 0 Å². The van der Waals surface area contributed by atoms with E-state index in [1.54, 1.807) is 7.11 Å². The van der Waals surface area contributed by atoms with Crippen molar-refractivity contribution in [2.24, 2.45) is 0 Å². The third-order valence-corrected chi connectivity index (χ3v) is 6.45. The molecular weight excluding hydrogens is 424 g/mol. The molecule has 0 spiro atoms. The minimum absolute atomic E-state index is 0.0811. The highest BCUT2D eigenvalue weighted by atomic mass is 16.5. The van der Waals surface area contributed by atoms with E-state index >= 15 is 0 Å². The Hall–Kier alpha value is -2.81. The van der Waals surface area contributed by atoms with Crippen LogP contribution >= 0.6 is 0 Å². The van der Waals surface area contributed by atoms with E-state index in [-0.39, 0.29) is 24.1 Å². The molecule has 1 aromatic carbocycles. The number of fused-ring (bicyclic) bond motifs is 1. The zero-order chi connectivity index (χ0) is 23.4. The van der Waals surface area contributed by atoms with Crippen LogP contribution in [0.15, 0.2) is 18.2 Å². The van der Waals surface area contributed by atoms with Crippen LogP contribution in [-0.2, 0) is 20.8 Å². The summed E-state index contributed by atoms with van der Waals surface area (Å²) in [5.74, 6) is 0.817. The summed E-state index contributed by atoms with van der Waals surface area (Å²) in [5.41, 5.74) is 1.76. The molecule has 0 radical (unpaired) electrons. The zero-order valence-corrected chi connectivity index (χ0v) is 19.7. The molecule has 9 nitrogen and oxygen atoms in total. The molecule has 2 aromatic rings. The van der Waals surface area contributed by atoms with E-state index in [2.05, 4.69) is 17.0 Å². The Morgan fingerprint density at radius 1 is 1.27 bits per heavy atom. The quantitative estimate of drug-likeness (QED) is 0.579. The van der Waals surface area contributed by atoms with Gasteiger partial charge >= 0.3 is 6.09 Å². The van der Waals surface area contributed by atoms with Gasteiger partial charge in [-0.2, -0.15) is 5.10 Å². The van der Waals surface area contributed by atoms with Gasteiger partial charge < -0.3 is 24.4 Å². The first-order valence-corrected chi connectivity index (χ1v) is 11.8. The van der Waals surface area contributed by atoms with Gasteiger partial charge in [0.25, 0.3) is 5.91 Å². The molecule has 1 aromatic heterocycles. The summed E-state index contributed by atoms with van der Waals surface area (Å²) in [6.45, 7) is 3.78. The number of amides is 2. The highest BCUT2D eigenvalue weighted by molar-refractivity contribution is 5.89. The first kappa shape index (κ1) is 23.4. The number of aromatic nitrogens is 2. The van der Waals surface area contributed by atoms with Crippen LogP contribution in [0.25, 0.3) is 10.9 Å². The van der Waals surface area contributed by atoms with Crippen LogP contribution in [0.1, 0.15) is 57.2 Å². The average Bonchev–Trinajstić information content (AvgIpc) is 3.61. The Morgan fingerprint density at radius 3 is 2.76 bits per heavy atom. The summed E-state index contributed by atoms with van der Waals surface area (Å²) in [4.78, 5) is 26.8. The van der Waals surface area contributed by atoms with E-state index in [0.29, 0.717) is 26.1 Å². The van der Waals surface area contributed by atoms with Crippen LogP contribution in [0.2, 0.25) is 0 Å². The number of benzene rings is 1. The largest absolute Gasteiger partial charge is 0.494 e. The van der Waals surface area contributed by atoms with E-state index in [9.17, 15) is 9.59 Å². The van der Waals surface area contributed by atoms with E-state index in [1.165, 1.54) is 7.11 Å². The molecule has 2 heterocycles. The molecule has 2 aliphatic rings. The number of para-hydroxylation sites is 1. The van der Waals surface area contributed by atoms with Crippen molar-refractivity contribution in [3.05, 3.63) is 23.9 Å². The predicted octanol–water partition coefficient (Wildman–Crippen LogP) is 3.41. The van der Waals surface area contributed by atoms with Gasteiger partial charge in [-0.15, -0.1) is 0 Å². The molecule has 1 aliphatic heterocycles. The van der Waals surface area contributed by atoms with Crippen LogP contribution < -0.4 is 10.1 Å². The third kappa shape index (κ3) is 5.08. The number of carbonyl (C=O) groups excluding carboxylic acids is 2. The monoisotopic (exact) mass is 458 g/mol. The molecule has 1 N–H and O–H groups in total. The second-order valence-electron chi connectivity index (χ2n) is 8.74. The molecular formula is C24H34N4O5. The summed E-state index contributed by atoms with van der Waals surface area (Å²) in [6, 6.07) is 5.97. The van der Waals surface area contributed by atoms with Crippen molar-refractivity contribution in [1.29, 1.82) is 0 Å². The maximum absolute atomic E-state index is 13.5. The number of rotatable bonds is 9. The fourth-order valence-electron chi connectivity index (χ4n) is 4.63. The minimum atomic E-state index is -0.448. The van der Waals surface area contributed by atoms with E-state index < -0.39 is 6.09 Å². The van der Waals surface area contributed by atoms with Crippen molar-refractivity contribution in [2.45, 2.75) is 70.2 Å². The van der Waals surface area contributed by atoms with Crippen molar-refractivity contribution in [3.63, 3.8) is 0 Å². The molecule has 1 saturated heterocycles. The molecule has 4 rings (SSSR count). The smallest absolute Gasteiger partial charge is 0.406 e. The fourth-order valence-corrected chi connectivity index (χ4v) is 4.63. The van der Waals surface area contributed by atoms with Gasteiger partial charge in [0.05, 0.1) is 26.0 Å². The van der Waals surface area contributed by atoms with Crippen LogP contribution in [0.5, 0.6) is 5.75 Å². The molecule has 1 saturated carbocycles. The third-order valence-electron chi connectivity index (χ3n) is 6.45. The Labute approximate surface area is 194 Å². The molecule has 2 amide bonds. The number of methoxy groups -OCH3 is 2. The summed E-state index contributed by atoms with van der Waals surface area (Å²) in [5, 5.41) is 8.63. The summed E-state index contributed by atoms with van der Waals surface area (Å²) in [6.07, 6.45) is 4.74. The van der Waals surface area contributed by atoms with Crippen LogP contribution in [-0.4, -0.2) is 66.2 Å². The number of nitrogens with zero attached hydrogens (tertiary/aromatic N) is 3. The number of ether oxygens (including phenoxy) is 3. The fraction of sp³-hybridized carbons (Fsp3) is 0.625. The Bertz CT molecular complexity index is 981. The predicted molar refractivity (Wildman–Crippen MR) is 123 cm³/mol. The van der Waals surface area contributed by atoms with Gasteiger partial charge in [0.2, 0.25) is 0 Å². The van der Waals surface area contributed by atoms with Crippen molar-refractivity contribution < 1.29 is 23.8 Å². The SMILES string of the molecule is COC(=O)NCCCn1nc([C@@H](C)N(C(=O)[C@H]2CCCCO2)C2CC2)c2cccc(OC)c21. The van der Waals surface area contributed by atoms with E-state index in [1.807, 2.05) is 27.8 Å². The van der Waals surface area contributed by atoms with Crippen molar-refractivity contribution in [2.75, 3.05) is 27.4 Å². The standard InChI is InChI=1S/C24H34N4O5/c1-16(28(17-11-12-17)23(29)20-9-4-5-15-33-20)21-18-8-6-10-19(31-2)22(18)27(26-21)14-7-13-25-24(30)32-3/h6,8,10,16-17,20H,4-5,7,9,11-15H2,1-3H3,(H,25,30)/t16-,20-/m1/s1. The molecule has 1 aliphatic carbocycles. The first-order chi connectivity index (χ1) is 16.0. The number of hydrogen-bond donors (Lipinski definition) is 1. The summed E-state index contributed by atoms with van der Waals surface area (Å²) >= 11 is 0. The lowest BCUT2D eigenvalue weighted by molar-refractivity contribution is -0.149. The van der Waals surface area contributed by atoms with E-state index in [4.69, 9.17) is 14.6 Å². The van der Waals surface area contributed by atoms with Gasteiger partial charge in [0.1, 0.15) is 17.4 Å². The van der Waals surface area contributed by atoms with Crippen LogP contribution in [0.4, 0.5) is 4.79 Å². The summed E-state index contributed by atoms with van der Waals surface area (Å²) in [7, 11) is 2.99. The van der Waals surface area contributed by atoms with Gasteiger partial charge in [0, 0.05) is 31.1 Å². The molecule has 180 valence electrons. The lowest BCUT2D eigenvalue weighted by atomic mass is 10.0. The Balaban J connectivity index is 1.61. The highest BCUT2D eigenvalue weighted by Gasteiger charge is 2.41. The maximum Gasteiger partial charge on any atom is 0.406 e. The molecule has 9 heteroatoms. The molecule has 33 heavy (non-hydrogen) atoms. The second-order valence-corrected chi connectivity index (χ2v) is 8.74. The highest BCUT2D eigenvalue weighted by Crippen LogP contribution is 2.39. The lowest BCUT2D eigenvalue weighted by Gasteiger charge is -2.33. The molecule has 2 fully saturated rings. The number of aryl methyl sites for hydroxylation is 1. The molecule has 0 bridgehead atoms. The normalized spacial score (nSPS) is 19.2. The van der Waals surface area contributed by atoms with Crippen LogP contribution in [0.3, 0.4) is 0 Å². The van der Waals surface area contributed by atoms with Gasteiger partial charge in [-0.1, -0.05) is 12.1 Å². The maximum atomic E-state index is 13.5. The zero-order valence-electron chi connectivity index (χ0n) is 19.7. The van der Waals surface area contributed by atoms with Gasteiger partial charge in [-0.05, 0) is 51.5 Å². The summed E-state index contributed by atoms with van der Waals surface area (Å²) < 4.78 is 18.0. The van der Waals surface area contributed by atoms with Gasteiger partial charge in [-0.3, -0.25) is 9.48 Å². The first-order valence-electron chi connectivity index (χ1n) is 11.8. The Morgan fingerprint density at radius 2 is 2.09 bits per heavy atom. The van der Waals surface area contributed by atoms with Crippen molar-refractivity contribution in [1.82, 2.24) is 20.0 Å². The topological polar surface area (TPSA) is 94.9 Å². The second kappa shape index (κ2) is 10.4. The molecule has 0 unspecified atom stereocenters. The lowest BCUT2D eigenvalue weighted by Crippen LogP contribution is -2.44.